The number of hydrogen-bond donors (Lipinski definition) is 4. The Balaban J connectivity index is 2.37. The largest absolute Gasteiger partial charge is 0.480 e. The van der Waals surface area contributed by atoms with Crippen LogP contribution in [0.15, 0.2) is 0 Å². The van der Waals surface area contributed by atoms with Crippen molar-refractivity contribution < 1.29 is 19.5 Å². The number of aliphatic carboxylic acids is 1. The summed E-state index contributed by atoms with van der Waals surface area (Å²) in [5.41, 5.74) is 4.96. The monoisotopic (exact) mass is 272 g/mol. The third-order valence-corrected chi connectivity index (χ3v) is 2.89. The zero-order valence-corrected chi connectivity index (χ0v) is 10.7. The van der Waals surface area contributed by atoms with E-state index in [1.165, 1.54) is 0 Å². The van der Waals surface area contributed by atoms with Gasteiger partial charge in [-0.25, -0.2) is 4.79 Å². The molecule has 1 rings (SSSR count). The summed E-state index contributed by atoms with van der Waals surface area (Å²) in [4.78, 5) is 35.2. The lowest BCUT2D eigenvalue weighted by atomic mass is 10.1. The van der Waals surface area contributed by atoms with E-state index in [0.717, 1.165) is 26.2 Å². The molecule has 0 aromatic carbocycles. The van der Waals surface area contributed by atoms with Gasteiger partial charge in [-0.2, -0.15) is 0 Å². The third-order valence-electron chi connectivity index (χ3n) is 2.89. The van der Waals surface area contributed by atoms with Gasteiger partial charge in [0.1, 0.15) is 6.04 Å². The van der Waals surface area contributed by atoms with Gasteiger partial charge in [-0.1, -0.05) is 0 Å². The van der Waals surface area contributed by atoms with E-state index in [0.29, 0.717) is 0 Å². The minimum atomic E-state index is -1.16. The number of carbonyl (C=O) groups is 3. The van der Waals surface area contributed by atoms with Crippen LogP contribution in [0.2, 0.25) is 0 Å². The van der Waals surface area contributed by atoms with Gasteiger partial charge in [-0.05, 0) is 6.42 Å². The number of amides is 2. The Morgan fingerprint density at radius 2 is 1.95 bits per heavy atom. The average Bonchev–Trinajstić information content (AvgIpc) is 2.35. The van der Waals surface area contributed by atoms with Gasteiger partial charge in [0.25, 0.3) is 0 Å². The van der Waals surface area contributed by atoms with Crippen molar-refractivity contribution in [2.75, 3.05) is 32.7 Å². The fraction of sp³-hybridized carbons (Fsp3) is 0.727. The van der Waals surface area contributed by atoms with E-state index in [-0.39, 0.29) is 25.3 Å². The third kappa shape index (κ3) is 6.16. The molecule has 0 saturated carbocycles. The number of hydrogen-bond acceptors (Lipinski definition) is 5. The van der Waals surface area contributed by atoms with E-state index in [1.807, 2.05) is 4.90 Å². The number of nitrogens with zero attached hydrogens (tertiary/aromatic N) is 1. The molecule has 0 bridgehead atoms. The van der Waals surface area contributed by atoms with Crippen LogP contribution < -0.4 is 16.4 Å². The molecule has 0 aromatic rings. The molecule has 1 saturated heterocycles. The van der Waals surface area contributed by atoms with Gasteiger partial charge in [0, 0.05) is 32.6 Å². The smallest absolute Gasteiger partial charge is 0.326 e. The van der Waals surface area contributed by atoms with Crippen LogP contribution in [0.3, 0.4) is 0 Å². The molecule has 8 heteroatoms. The van der Waals surface area contributed by atoms with Crippen molar-refractivity contribution >= 4 is 17.8 Å². The van der Waals surface area contributed by atoms with Gasteiger partial charge in [0.05, 0.1) is 6.54 Å². The molecule has 1 aliphatic rings. The normalized spacial score (nSPS) is 17.7. The maximum atomic E-state index is 11.7. The Bertz CT molecular complexity index is 342. The van der Waals surface area contributed by atoms with Crippen molar-refractivity contribution in [3.63, 3.8) is 0 Å². The second-order valence-corrected chi connectivity index (χ2v) is 4.49. The second-order valence-electron chi connectivity index (χ2n) is 4.49. The number of rotatable bonds is 7. The van der Waals surface area contributed by atoms with E-state index in [2.05, 4.69) is 10.6 Å². The lowest BCUT2D eigenvalue weighted by Gasteiger charge is -2.27. The van der Waals surface area contributed by atoms with Crippen molar-refractivity contribution in [1.82, 2.24) is 15.5 Å². The first-order chi connectivity index (χ1) is 8.99. The summed E-state index contributed by atoms with van der Waals surface area (Å²) in [6.45, 7) is 3.32. The molecule has 1 atom stereocenters. The first kappa shape index (κ1) is 15.4. The molecule has 0 radical (unpaired) electrons. The summed E-state index contributed by atoms with van der Waals surface area (Å²) in [5.74, 6) is -2.09. The van der Waals surface area contributed by atoms with Gasteiger partial charge < -0.3 is 21.5 Å². The Kier molecular flexibility index (Phi) is 6.23. The number of carbonyl (C=O) groups excluding carboxylic acids is 2. The molecule has 0 aromatic heterocycles. The molecule has 0 aliphatic carbocycles. The minimum Gasteiger partial charge on any atom is -0.480 e. The molecule has 2 amide bonds. The van der Waals surface area contributed by atoms with Gasteiger partial charge in [-0.3, -0.25) is 14.5 Å². The van der Waals surface area contributed by atoms with Crippen LogP contribution in [0.25, 0.3) is 0 Å². The first-order valence-electron chi connectivity index (χ1n) is 6.22. The molecule has 0 unspecified atom stereocenters. The van der Waals surface area contributed by atoms with Gasteiger partial charge in [0.2, 0.25) is 11.8 Å². The van der Waals surface area contributed by atoms with Crippen molar-refractivity contribution in [2.24, 2.45) is 5.73 Å². The summed E-state index contributed by atoms with van der Waals surface area (Å²) < 4.78 is 0. The number of carboxylic acids is 1. The van der Waals surface area contributed by atoms with Crippen LogP contribution in [0.5, 0.6) is 0 Å². The summed E-state index contributed by atoms with van der Waals surface area (Å²) in [5, 5.41) is 14.5. The topological polar surface area (TPSA) is 125 Å². The van der Waals surface area contributed by atoms with Gasteiger partial charge in [-0.15, -0.1) is 0 Å². The molecule has 1 heterocycles. The Labute approximate surface area is 111 Å². The standard InChI is InChI=1S/C11H20N4O4/c12-9(16)2-1-8(11(18)19)14-10(17)7-15-5-3-13-4-6-15/h8,13H,1-7H2,(H2,12,16)(H,14,17)(H,18,19)/t8-/m0/s1. The zero-order chi connectivity index (χ0) is 14.3. The maximum Gasteiger partial charge on any atom is 0.326 e. The van der Waals surface area contributed by atoms with Crippen LogP contribution >= 0.6 is 0 Å². The van der Waals surface area contributed by atoms with E-state index < -0.39 is 17.9 Å². The van der Waals surface area contributed by atoms with Crippen molar-refractivity contribution in [2.45, 2.75) is 18.9 Å². The maximum absolute atomic E-state index is 11.7. The van der Waals surface area contributed by atoms with E-state index >= 15 is 0 Å². The number of nitrogens with one attached hydrogen (secondary N) is 2. The van der Waals surface area contributed by atoms with E-state index in [4.69, 9.17) is 10.8 Å². The minimum absolute atomic E-state index is 0.0119. The lowest BCUT2D eigenvalue weighted by molar-refractivity contribution is -0.142. The van der Waals surface area contributed by atoms with Crippen LogP contribution in [0, 0.1) is 0 Å². The van der Waals surface area contributed by atoms with E-state index in [1.54, 1.807) is 0 Å². The Morgan fingerprint density at radius 3 is 2.47 bits per heavy atom. The van der Waals surface area contributed by atoms with Crippen LogP contribution in [-0.4, -0.2) is 66.6 Å². The first-order valence-corrected chi connectivity index (χ1v) is 6.22. The van der Waals surface area contributed by atoms with Crippen molar-refractivity contribution in [3.05, 3.63) is 0 Å². The lowest BCUT2D eigenvalue weighted by Crippen LogP contribution is -2.50. The summed E-state index contributed by atoms with van der Waals surface area (Å²) in [6.07, 6.45) is -0.0527. The van der Waals surface area contributed by atoms with E-state index in [9.17, 15) is 14.4 Å². The van der Waals surface area contributed by atoms with Gasteiger partial charge in [0.15, 0.2) is 0 Å². The quantitative estimate of drug-likeness (QED) is 0.414. The van der Waals surface area contributed by atoms with Crippen molar-refractivity contribution in [1.29, 1.82) is 0 Å². The van der Waals surface area contributed by atoms with Gasteiger partial charge >= 0.3 is 5.97 Å². The highest BCUT2D eigenvalue weighted by atomic mass is 16.4. The average molecular weight is 272 g/mol. The molecule has 108 valence electrons. The summed E-state index contributed by atoms with van der Waals surface area (Å²) in [7, 11) is 0. The fourth-order valence-corrected chi connectivity index (χ4v) is 1.86. The molecule has 19 heavy (non-hydrogen) atoms. The predicted molar refractivity (Wildman–Crippen MR) is 67.3 cm³/mol. The molecule has 1 aliphatic heterocycles. The molecule has 5 N–H and O–H groups in total. The SMILES string of the molecule is NC(=O)CC[C@H](NC(=O)CN1CCNCC1)C(=O)O. The second kappa shape index (κ2) is 7.70. The van der Waals surface area contributed by atoms with Crippen molar-refractivity contribution in [3.8, 4) is 0 Å². The number of piperazine rings is 1. The highest BCUT2D eigenvalue weighted by Crippen LogP contribution is 1.98. The molecule has 8 nitrogen and oxygen atoms in total. The highest BCUT2D eigenvalue weighted by Gasteiger charge is 2.22. The molecular formula is C11H20N4O4. The molecule has 1 fully saturated rings. The number of nitrogens with two attached hydrogens (primary N) is 1. The van der Waals surface area contributed by atoms with Crippen LogP contribution in [-0.2, 0) is 14.4 Å². The summed E-state index contributed by atoms with van der Waals surface area (Å²) in [6, 6.07) is -1.07. The predicted octanol–water partition coefficient (Wildman–Crippen LogP) is -2.27. The summed E-state index contributed by atoms with van der Waals surface area (Å²) >= 11 is 0. The zero-order valence-electron chi connectivity index (χ0n) is 10.7. The Hall–Kier alpha value is -1.67. The van der Waals surface area contributed by atoms with Crippen LogP contribution in [0.4, 0.5) is 0 Å². The van der Waals surface area contributed by atoms with Crippen LogP contribution in [0.1, 0.15) is 12.8 Å². The number of primary amides is 1. The number of carboxylic acid groups (broad SMARTS) is 1. The molecular weight excluding hydrogens is 252 g/mol. The Morgan fingerprint density at radius 1 is 1.32 bits per heavy atom. The highest BCUT2D eigenvalue weighted by molar-refractivity contribution is 5.85. The fourth-order valence-electron chi connectivity index (χ4n) is 1.86. The molecule has 0 spiro atoms.